The Bertz CT molecular complexity index is 950. The summed E-state index contributed by atoms with van der Waals surface area (Å²) in [6.07, 6.45) is 3.28. The Kier molecular flexibility index (Phi) is 5.33. The molecule has 28 heavy (non-hydrogen) atoms. The number of aromatic nitrogens is 3. The number of hydrogen-bond acceptors (Lipinski definition) is 9. The van der Waals surface area contributed by atoms with Crippen LogP contribution in [0.3, 0.4) is 0 Å². The molecule has 4 heterocycles. The van der Waals surface area contributed by atoms with Crippen LogP contribution in [0.1, 0.15) is 5.01 Å². The maximum absolute atomic E-state index is 12.6. The van der Waals surface area contributed by atoms with E-state index in [4.69, 9.17) is 0 Å². The number of β-lactam (4-membered cyclic amide) rings is 1. The van der Waals surface area contributed by atoms with Gasteiger partial charge in [-0.05, 0) is 12.1 Å². The van der Waals surface area contributed by atoms with Gasteiger partial charge in [-0.3, -0.25) is 19.5 Å². The maximum Gasteiger partial charge on any atom is 0.353 e. The second-order valence-electron chi connectivity index (χ2n) is 5.80. The molecule has 2 aromatic rings. The van der Waals surface area contributed by atoms with Crippen molar-refractivity contribution in [3.8, 4) is 0 Å². The average molecular weight is 436 g/mol. The van der Waals surface area contributed by atoms with Crippen molar-refractivity contribution in [2.45, 2.75) is 16.3 Å². The summed E-state index contributed by atoms with van der Waals surface area (Å²) >= 11 is 3.96. The SMILES string of the molecule is O=C(CSc1ccncc1)NC1C(=O)N2C(C(=O)O)=C(c3nncs3)CSC12. The first-order valence-electron chi connectivity index (χ1n) is 8.06. The highest BCUT2D eigenvalue weighted by Gasteiger charge is 2.54. The predicted molar refractivity (Wildman–Crippen MR) is 104 cm³/mol. The Morgan fingerprint density at radius 1 is 1.36 bits per heavy atom. The molecule has 0 saturated carbocycles. The summed E-state index contributed by atoms with van der Waals surface area (Å²) in [4.78, 5) is 42.7. The molecule has 144 valence electrons. The van der Waals surface area contributed by atoms with Crippen molar-refractivity contribution in [2.75, 3.05) is 11.5 Å². The number of carbonyl (C=O) groups is 3. The van der Waals surface area contributed by atoms with Gasteiger partial charge in [-0.2, -0.15) is 0 Å². The fourth-order valence-electron chi connectivity index (χ4n) is 2.89. The van der Waals surface area contributed by atoms with Gasteiger partial charge in [0.1, 0.15) is 27.6 Å². The van der Waals surface area contributed by atoms with Crippen LogP contribution in [0.25, 0.3) is 5.57 Å². The lowest BCUT2D eigenvalue weighted by Gasteiger charge is -2.49. The van der Waals surface area contributed by atoms with Crippen molar-refractivity contribution >= 4 is 58.2 Å². The van der Waals surface area contributed by atoms with Gasteiger partial charge < -0.3 is 10.4 Å². The van der Waals surface area contributed by atoms with Crippen LogP contribution in [0.2, 0.25) is 0 Å². The van der Waals surface area contributed by atoms with E-state index in [0.29, 0.717) is 16.3 Å². The first-order chi connectivity index (χ1) is 13.6. The third-order valence-corrected chi connectivity index (χ3v) is 7.17. The minimum Gasteiger partial charge on any atom is -0.477 e. The molecule has 0 aromatic carbocycles. The molecule has 2 N–H and O–H groups in total. The first kappa shape index (κ1) is 18.9. The van der Waals surface area contributed by atoms with Gasteiger partial charge >= 0.3 is 5.97 Å². The van der Waals surface area contributed by atoms with E-state index in [0.717, 1.165) is 4.90 Å². The van der Waals surface area contributed by atoms with Gasteiger partial charge in [0.2, 0.25) is 5.91 Å². The minimum atomic E-state index is -1.19. The molecule has 1 saturated heterocycles. The van der Waals surface area contributed by atoms with E-state index in [1.165, 1.54) is 45.3 Å². The second kappa shape index (κ2) is 7.89. The van der Waals surface area contributed by atoms with Crippen LogP contribution in [-0.2, 0) is 14.4 Å². The second-order valence-corrected chi connectivity index (χ2v) is 8.79. The van der Waals surface area contributed by atoms with Gasteiger partial charge in [-0.25, -0.2) is 4.79 Å². The van der Waals surface area contributed by atoms with E-state index >= 15 is 0 Å². The number of carboxylic acid groups (broad SMARTS) is 1. The highest BCUT2D eigenvalue weighted by Crippen LogP contribution is 2.43. The molecule has 9 nitrogen and oxygen atoms in total. The Morgan fingerprint density at radius 3 is 2.82 bits per heavy atom. The Labute approximate surface area is 171 Å². The quantitative estimate of drug-likeness (QED) is 0.503. The number of nitrogens with one attached hydrogen (secondary N) is 1. The molecule has 0 spiro atoms. The molecule has 0 bridgehead atoms. The number of thioether (sulfide) groups is 2. The van der Waals surface area contributed by atoms with E-state index in [9.17, 15) is 19.5 Å². The van der Waals surface area contributed by atoms with E-state index in [1.807, 2.05) is 0 Å². The van der Waals surface area contributed by atoms with Crippen molar-refractivity contribution in [2.24, 2.45) is 0 Å². The molecule has 1 fully saturated rings. The van der Waals surface area contributed by atoms with Crippen LogP contribution in [0.5, 0.6) is 0 Å². The zero-order valence-electron chi connectivity index (χ0n) is 14.1. The van der Waals surface area contributed by atoms with Crippen molar-refractivity contribution < 1.29 is 19.5 Å². The molecule has 2 aliphatic rings. The third-order valence-electron chi connectivity index (χ3n) is 4.13. The molecule has 2 aliphatic heterocycles. The monoisotopic (exact) mass is 435 g/mol. The van der Waals surface area contributed by atoms with E-state index in [-0.39, 0.29) is 17.4 Å². The number of pyridine rings is 1. The Balaban J connectivity index is 1.44. The zero-order valence-corrected chi connectivity index (χ0v) is 16.6. The van der Waals surface area contributed by atoms with Crippen LogP contribution >= 0.6 is 34.9 Å². The standard InChI is InChI=1S/C16H13N5O4S3/c22-10(6-26-8-1-3-17-4-2-8)19-11-14(23)21-12(16(24)25)9(5-27-15(11)21)13-20-18-7-28-13/h1-4,7,11,15H,5-6H2,(H,19,22)(H,24,25). The summed E-state index contributed by atoms with van der Waals surface area (Å²) in [5, 5.41) is 20.0. The minimum absolute atomic E-state index is 0.0813. The van der Waals surface area contributed by atoms with Gasteiger partial charge in [-0.1, -0.05) is 0 Å². The smallest absolute Gasteiger partial charge is 0.353 e. The summed E-state index contributed by atoms with van der Waals surface area (Å²) in [6, 6.07) is 2.86. The highest BCUT2D eigenvalue weighted by atomic mass is 32.2. The van der Waals surface area contributed by atoms with E-state index in [1.54, 1.807) is 24.5 Å². The fourth-order valence-corrected chi connectivity index (χ4v) is 5.62. The number of carboxylic acids is 1. The van der Waals surface area contributed by atoms with Gasteiger partial charge in [0, 0.05) is 28.6 Å². The number of aliphatic carboxylic acids is 1. The first-order valence-corrected chi connectivity index (χ1v) is 11.0. The lowest BCUT2D eigenvalue weighted by molar-refractivity contribution is -0.150. The summed E-state index contributed by atoms with van der Waals surface area (Å²) in [6.45, 7) is 0. The molecule has 2 amide bonds. The van der Waals surface area contributed by atoms with Crippen molar-refractivity contribution in [3.05, 3.63) is 40.7 Å². The molecule has 2 atom stereocenters. The number of hydrogen-bond donors (Lipinski definition) is 2. The third kappa shape index (κ3) is 3.50. The molecule has 0 aliphatic carbocycles. The summed E-state index contributed by atoms with van der Waals surface area (Å²) < 4.78 is 0. The molecular formula is C16H13N5O4S3. The number of amides is 2. The van der Waals surface area contributed by atoms with Gasteiger partial charge in [-0.15, -0.1) is 45.1 Å². The molecule has 0 radical (unpaired) electrons. The van der Waals surface area contributed by atoms with Crippen LogP contribution in [0.15, 0.2) is 40.6 Å². The maximum atomic E-state index is 12.6. The molecule has 4 rings (SSSR count). The lowest BCUT2D eigenvalue weighted by atomic mass is 10.0. The molecule has 12 heteroatoms. The van der Waals surface area contributed by atoms with Gasteiger partial charge in [0.25, 0.3) is 5.91 Å². The van der Waals surface area contributed by atoms with E-state index in [2.05, 4.69) is 20.5 Å². The molecule has 2 aromatic heterocycles. The summed E-state index contributed by atoms with van der Waals surface area (Å²) in [5.74, 6) is -1.37. The average Bonchev–Trinajstić information content (AvgIpc) is 3.24. The van der Waals surface area contributed by atoms with Crippen LogP contribution < -0.4 is 5.32 Å². The van der Waals surface area contributed by atoms with Crippen molar-refractivity contribution in [1.29, 1.82) is 0 Å². The number of carbonyl (C=O) groups excluding carboxylic acids is 2. The number of rotatable bonds is 6. The lowest BCUT2D eigenvalue weighted by Crippen LogP contribution is -2.70. The molecular weight excluding hydrogens is 422 g/mol. The topological polar surface area (TPSA) is 125 Å². The largest absolute Gasteiger partial charge is 0.477 e. The highest BCUT2D eigenvalue weighted by molar-refractivity contribution is 8.00. The summed E-state index contributed by atoms with van der Waals surface area (Å²) in [5.41, 5.74) is 1.91. The molecule has 2 unspecified atom stereocenters. The number of fused-ring (bicyclic) bond motifs is 1. The van der Waals surface area contributed by atoms with Crippen LogP contribution in [0, 0.1) is 0 Å². The predicted octanol–water partition coefficient (Wildman–Crippen LogP) is 0.921. The normalized spacial score (nSPS) is 21.1. The van der Waals surface area contributed by atoms with E-state index < -0.39 is 23.3 Å². The fraction of sp³-hybridized carbons (Fsp3) is 0.250. The van der Waals surface area contributed by atoms with Crippen LogP contribution in [0.4, 0.5) is 0 Å². The summed E-state index contributed by atoms with van der Waals surface area (Å²) in [7, 11) is 0. The van der Waals surface area contributed by atoms with Gasteiger partial charge in [0.05, 0.1) is 5.75 Å². The van der Waals surface area contributed by atoms with Crippen molar-refractivity contribution in [3.63, 3.8) is 0 Å². The van der Waals surface area contributed by atoms with Crippen LogP contribution in [-0.4, -0.2) is 65.9 Å². The zero-order chi connectivity index (χ0) is 19.7. The van der Waals surface area contributed by atoms with Gasteiger partial charge in [0.15, 0.2) is 0 Å². The number of nitrogens with zero attached hydrogens (tertiary/aromatic N) is 4. The Morgan fingerprint density at radius 2 is 2.14 bits per heavy atom. The van der Waals surface area contributed by atoms with Crippen molar-refractivity contribution in [1.82, 2.24) is 25.4 Å². The Hall–Kier alpha value is -2.44.